The molecule has 0 saturated heterocycles. The molecule has 4 heteroatoms. The van der Waals surface area contributed by atoms with Gasteiger partial charge in [0.25, 0.3) is 5.79 Å². The van der Waals surface area contributed by atoms with Crippen LogP contribution in [-0.4, -0.2) is 17.7 Å². The number of esters is 2. The first-order chi connectivity index (χ1) is 7.02. The third-order valence-corrected chi connectivity index (χ3v) is 2.95. The molecule has 0 radical (unpaired) electrons. The largest absolute Gasteiger partial charge is 0.418 e. The molecule has 0 heterocycles. The van der Waals surface area contributed by atoms with Crippen LogP contribution in [0.15, 0.2) is 12.2 Å². The number of ether oxygens (including phenoxy) is 2. The Hall–Kier alpha value is -1.32. The number of carbonyl (C=O) groups is 2. The maximum Gasteiger partial charge on any atom is 0.306 e. The number of fused-ring (bicyclic) bond motifs is 1. The van der Waals surface area contributed by atoms with Crippen molar-refractivity contribution in [3.05, 3.63) is 12.2 Å². The van der Waals surface area contributed by atoms with Crippen LogP contribution in [0.2, 0.25) is 0 Å². The van der Waals surface area contributed by atoms with E-state index in [9.17, 15) is 9.59 Å². The first-order valence-electron chi connectivity index (χ1n) is 5.10. The lowest BCUT2D eigenvalue weighted by molar-refractivity contribution is -0.240. The lowest BCUT2D eigenvalue weighted by atomic mass is 9.66. The van der Waals surface area contributed by atoms with Crippen LogP contribution in [0.4, 0.5) is 0 Å². The van der Waals surface area contributed by atoms with E-state index in [0.717, 1.165) is 12.8 Å². The zero-order chi connectivity index (χ0) is 11.1. The molecular weight excluding hydrogens is 196 g/mol. The van der Waals surface area contributed by atoms with Crippen molar-refractivity contribution in [2.24, 2.45) is 11.8 Å². The van der Waals surface area contributed by atoms with Gasteiger partial charge in [-0.25, -0.2) is 0 Å². The molecule has 1 fully saturated rings. The van der Waals surface area contributed by atoms with Gasteiger partial charge in [0.15, 0.2) is 0 Å². The summed E-state index contributed by atoms with van der Waals surface area (Å²) in [5.41, 5.74) is 0. The molecule has 4 nitrogen and oxygen atoms in total. The van der Waals surface area contributed by atoms with E-state index in [1.165, 1.54) is 13.8 Å². The lowest BCUT2D eigenvalue weighted by Gasteiger charge is -2.48. The van der Waals surface area contributed by atoms with Crippen molar-refractivity contribution in [2.75, 3.05) is 0 Å². The summed E-state index contributed by atoms with van der Waals surface area (Å²) in [6, 6.07) is 0. The predicted octanol–water partition coefficient (Wildman–Crippen LogP) is 1.40. The standard InChI is InChI=1S/C11H14O4/c1-7(12)14-11(15-8(2)13)4-3-9-5-10(11)6-9/h3-4,9-10H,5-6H2,1-2H3/t9-,10+. The fourth-order valence-electron chi connectivity index (χ4n) is 2.26. The molecule has 0 aromatic rings. The summed E-state index contributed by atoms with van der Waals surface area (Å²) < 4.78 is 10.3. The van der Waals surface area contributed by atoms with Gasteiger partial charge in [-0.1, -0.05) is 6.08 Å². The van der Waals surface area contributed by atoms with Gasteiger partial charge in [-0.15, -0.1) is 0 Å². The van der Waals surface area contributed by atoms with Gasteiger partial charge in [0, 0.05) is 19.8 Å². The molecule has 0 atom stereocenters. The summed E-state index contributed by atoms with van der Waals surface area (Å²) in [4.78, 5) is 22.0. The Morgan fingerprint density at radius 3 is 2.07 bits per heavy atom. The first-order valence-corrected chi connectivity index (χ1v) is 5.10. The van der Waals surface area contributed by atoms with Crippen LogP contribution in [0.3, 0.4) is 0 Å². The highest BCUT2D eigenvalue weighted by molar-refractivity contribution is 5.69. The highest BCUT2D eigenvalue weighted by Gasteiger charge is 2.52. The number of hydrogen-bond donors (Lipinski definition) is 0. The van der Waals surface area contributed by atoms with Crippen molar-refractivity contribution in [1.82, 2.24) is 0 Å². The molecule has 0 aliphatic heterocycles. The average molecular weight is 210 g/mol. The molecule has 3 aliphatic carbocycles. The molecule has 0 aromatic carbocycles. The van der Waals surface area contributed by atoms with Gasteiger partial charge in [0.1, 0.15) is 0 Å². The molecule has 0 unspecified atom stereocenters. The molecule has 0 aromatic heterocycles. The third kappa shape index (κ3) is 1.76. The molecule has 2 bridgehead atoms. The summed E-state index contributed by atoms with van der Waals surface area (Å²) in [7, 11) is 0. The minimum atomic E-state index is -1.13. The predicted molar refractivity (Wildman–Crippen MR) is 51.6 cm³/mol. The van der Waals surface area contributed by atoms with Crippen molar-refractivity contribution in [1.29, 1.82) is 0 Å². The zero-order valence-electron chi connectivity index (χ0n) is 8.86. The van der Waals surface area contributed by atoms with Gasteiger partial charge >= 0.3 is 11.9 Å². The molecule has 15 heavy (non-hydrogen) atoms. The summed E-state index contributed by atoms with van der Waals surface area (Å²) in [6.45, 7) is 2.65. The number of rotatable bonds is 2. The van der Waals surface area contributed by atoms with E-state index in [1.54, 1.807) is 6.08 Å². The molecule has 82 valence electrons. The Morgan fingerprint density at radius 2 is 1.73 bits per heavy atom. The van der Waals surface area contributed by atoms with Crippen LogP contribution in [0.25, 0.3) is 0 Å². The van der Waals surface area contributed by atoms with E-state index in [-0.39, 0.29) is 5.92 Å². The molecular formula is C11H14O4. The van der Waals surface area contributed by atoms with Crippen LogP contribution >= 0.6 is 0 Å². The van der Waals surface area contributed by atoms with E-state index >= 15 is 0 Å². The van der Waals surface area contributed by atoms with Crippen LogP contribution in [-0.2, 0) is 19.1 Å². The Bertz CT molecular complexity index is 309. The molecule has 3 aliphatic rings. The van der Waals surface area contributed by atoms with Crippen LogP contribution in [0.1, 0.15) is 26.7 Å². The quantitative estimate of drug-likeness (QED) is 0.393. The Kier molecular flexibility index (Phi) is 2.29. The van der Waals surface area contributed by atoms with Crippen molar-refractivity contribution in [3.63, 3.8) is 0 Å². The SMILES string of the molecule is CC(=O)OC1(OC(C)=O)C=C[C@H]2C[C@@H]1C2. The fourth-order valence-corrected chi connectivity index (χ4v) is 2.26. The monoisotopic (exact) mass is 210 g/mol. The maximum absolute atomic E-state index is 11.0. The Balaban J connectivity index is 2.21. The van der Waals surface area contributed by atoms with Crippen LogP contribution in [0, 0.1) is 11.8 Å². The summed E-state index contributed by atoms with van der Waals surface area (Å²) in [6.07, 6.45) is 5.53. The highest BCUT2D eigenvalue weighted by atomic mass is 16.7. The maximum atomic E-state index is 11.0. The molecule has 3 rings (SSSR count). The second kappa shape index (κ2) is 3.36. The summed E-state index contributed by atoms with van der Waals surface area (Å²) >= 11 is 0. The smallest absolute Gasteiger partial charge is 0.306 e. The molecule has 0 N–H and O–H groups in total. The number of hydrogen-bond acceptors (Lipinski definition) is 4. The average Bonchev–Trinajstić information content (AvgIpc) is 1.97. The molecule has 1 saturated carbocycles. The fraction of sp³-hybridized carbons (Fsp3) is 0.636. The van der Waals surface area contributed by atoms with Gasteiger partial charge in [-0.3, -0.25) is 9.59 Å². The normalized spacial score (nSPS) is 30.3. The van der Waals surface area contributed by atoms with Gasteiger partial charge in [-0.05, 0) is 24.8 Å². The van der Waals surface area contributed by atoms with Crippen LogP contribution in [0.5, 0.6) is 0 Å². The second-order valence-corrected chi connectivity index (χ2v) is 4.20. The second-order valence-electron chi connectivity index (χ2n) is 4.20. The van der Waals surface area contributed by atoms with Crippen molar-refractivity contribution in [3.8, 4) is 0 Å². The zero-order valence-corrected chi connectivity index (χ0v) is 8.86. The topological polar surface area (TPSA) is 52.6 Å². The van der Waals surface area contributed by atoms with Crippen molar-refractivity contribution in [2.45, 2.75) is 32.5 Å². The Labute approximate surface area is 88.2 Å². The number of allylic oxidation sites excluding steroid dienone is 1. The van der Waals surface area contributed by atoms with E-state index in [2.05, 4.69) is 0 Å². The van der Waals surface area contributed by atoms with Gasteiger partial charge in [0.05, 0.1) is 0 Å². The summed E-state index contributed by atoms with van der Waals surface area (Å²) in [5, 5.41) is 0. The van der Waals surface area contributed by atoms with Crippen LogP contribution < -0.4 is 0 Å². The van der Waals surface area contributed by atoms with Crippen molar-refractivity contribution < 1.29 is 19.1 Å². The van der Waals surface area contributed by atoms with E-state index in [0.29, 0.717) is 5.92 Å². The van der Waals surface area contributed by atoms with E-state index < -0.39 is 17.7 Å². The molecule has 0 spiro atoms. The minimum Gasteiger partial charge on any atom is -0.418 e. The van der Waals surface area contributed by atoms with Gasteiger partial charge in [0.2, 0.25) is 0 Å². The third-order valence-electron chi connectivity index (χ3n) is 2.95. The number of carbonyl (C=O) groups excluding carboxylic acids is 2. The first kappa shape index (κ1) is 10.2. The van der Waals surface area contributed by atoms with Gasteiger partial charge in [-0.2, -0.15) is 0 Å². The summed E-state index contributed by atoms with van der Waals surface area (Å²) in [5.74, 6) is -1.29. The van der Waals surface area contributed by atoms with E-state index in [4.69, 9.17) is 9.47 Å². The van der Waals surface area contributed by atoms with E-state index in [1.807, 2.05) is 6.08 Å². The van der Waals surface area contributed by atoms with Crippen molar-refractivity contribution >= 4 is 11.9 Å². The Morgan fingerprint density at radius 1 is 1.20 bits per heavy atom. The minimum absolute atomic E-state index is 0.125. The molecule has 0 amide bonds. The highest BCUT2D eigenvalue weighted by Crippen LogP contribution is 2.49. The van der Waals surface area contributed by atoms with Gasteiger partial charge < -0.3 is 9.47 Å². The lowest BCUT2D eigenvalue weighted by Crippen LogP contribution is -2.52.